The number of nitrogens with zero attached hydrogens (tertiary/aromatic N) is 2. The van der Waals surface area contributed by atoms with Crippen molar-refractivity contribution in [2.75, 3.05) is 6.61 Å². The highest BCUT2D eigenvalue weighted by atomic mass is 32.1. The number of unbranched alkanes of at least 4 members (excludes halogenated alkanes) is 4. The molecule has 2 aromatic heterocycles. The monoisotopic (exact) mass is 392 g/mol. The van der Waals surface area contributed by atoms with Gasteiger partial charge in [-0.05, 0) is 31.6 Å². The third-order valence-electron chi connectivity index (χ3n) is 4.52. The van der Waals surface area contributed by atoms with Gasteiger partial charge in [-0.3, -0.25) is 9.59 Å². The first kappa shape index (κ1) is 19.3. The molecule has 1 aliphatic rings. The zero-order chi connectivity index (χ0) is 18.4. The number of aromatic nitrogens is 2. The number of hydrogen-bond donors (Lipinski definition) is 1. The lowest BCUT2D eigenvalue weighted by molar-refractivity contribution is -0.121. The molecule has 0 bridgehead atoms. The highest BCUT2D eigenvalue weighted by molar-refractivity contribution is 7.20. The second-order valence-electron chi connectivity index (χ2n) is 6.73. The van der Waals surface area contributed by atoms with Gasteiger partial charge in [0.15, 0.2) is 21.6 Å². The summed E-state index contributed by atoms with van der Waals surface area (Å²) in [5.74, 6) is 0.581. The van der Waals surface area contributed by atoms with Crippen molar-refractivity contribution >= 4 is 34.2 Å². The van der Waals surface area contributed by atoms with E-state index in [2.05, 4.69) is 9.97 Å². The molecule has 0 amide bonds. The first-order valence-electron chi connectivity index (χ1n) is 9.25. The van der Waals surface area contributed by atoms with E-state index in [4.69, 9.17) is 5.11 Å². The van der Waals surface area contributed by atoms with Gasteiger partial charge in [0.05, 0.1) is 0 Å². The molecule has 1 N–H and O–H groups in total. The average molecular weight is 393 g/mol. The Labute approximate surface area is 161 Å². The lowest BCUT2D eigenvalue weighted by Gasteiger charge is -2.02. The zero-order valence-electron chi connectivity index (χ0n) is 14.8. The molecule has 1 saturated carbocycles. The van der Waals surface area contributed by atoms with Gasteiger partial charge in [-0.1, -0.05) is 19.3 Å². The van der Waals surface area contributed by atoms with Gasteiger partial charge in [0.2, 0.25) is 0 Å². The molecule has 1 aliphatic carbocycles. The fourth-order valence-electron chi connectivity index (χ4n) is 2.91. The summed E-state index contributed by atoms with van der Waals surface area (Å²) in [7, 11) is 0. The fourth-order valence-corrected chi connectivity index (χ4v) is 4.84. The maximum absolute atomic E-state index is 12.7. The Morgan fingerprint density at radius 2 is 1.81 bits per heavy atom. The maximum atomic E-state index is 12.7. The first-order valence-corrected chi connectivity index (χ1v) is 10.9. The highest BCUT2D eigenvalue weighted by Gasteiger charge is 2.32. The summed E-state index contributed by atoms with van der Waals surface area (Å²) >= 11 is 3.20. The SMILES string of the molecule is O=C(CO)CCCCCCCC(=O)c1nc(-c2nccs2)sc1C1CC1. The fraction of sp³-hybridized carbons (Fsp3) is 0.579. The standard InChI is InChI=1S/C19H24N2O3S2/c22-12-14(23)6-4-2-1-3-5-7-15(24)16-17(13-8-9-13)26-19(21-16)18-20-10-11-25-18/h10-11,13,22H,1-9,12H2. The minimum atomic E-state index is -0.353. The largest absolute Gasteiger partial charge is 0.389 e. The Morgan fingerprint density at radius 3 is 2.46 bits per heavy atom. The molecule has 7 heteroatoms. The summed E-state index contributed by atoms with van der Waals surface area (Å²) < 4.78 is 0. The van der Waals surface area contributed by atoms with Crippen molar-refractivity contribution < 1.29 is 14.7 Å². The minimum absolute atomic E-state index is 0.0904. The highest BCUT2D eigenvalue weighted by Crippen LogP contribution is 2.46. The second-order valence-corrected chi connectivity index (χ2v) is 8.66. The van der Waals surface area contributed by atoms with Gasteiger partial charge in [-0.25, -0.2) is 9.97 Å². The molecule has 0 spiro atoms. The van der Waals surface area contributed by atoms with Crippen LogP contribution in [0.3, 0.4) is 0 Å². The zero-order valence-corrected chi connectivity index (χ0v) is 16.4. The van der Waals surface area contributed by atoms with Crippen LogP contribution in [0, 0.1) is 0 Å². The number of ketones is 2. The van der Waals surface area contributed by atoms with Crippen molar-refractivity contribution in [3.63, 3.8) is 0 Å². The van der Waals surface area contributed by atoms with Gasteiger partial charge in [0, 0.05) is 29.3 Å². The summed E-state index contributed by atoms with van der Waals surface area (Å²) in [6.07, 6.45) is 9.74. The van der Waals surface area contributed by atoms with E-state index in [-0.39, 0.29) is 18.2 Å². The number of Topliss-reactive ketones (excluding diaryl/α,β-unsaturated/α-hetero) is 2. The topological polar surface area (TPSA) is 80.1 Å². The van der Waals surface area contributed by atoms with E-state index in [1.807, 2.05) is 5.38 Å². The van der Waals surface area contributed by atoms with Crippen molar-refractivity contribution in [1.29, 1.82) is 0 Å². The van der Waals surface area contributed by atoms with E-state index in [1.165, 1.54) is 0 Å². The number of carbonyl (C=O) groups excluding carboxylic acids is 2. The van der Waals surface area contributed by atoms with Crippen LogP contribution in [0.5, 0.6) is 0 Å². The van der Waals surface area contributed by atoms with Crippen LogP contribution in [0.4, 0.5) is 0 Å². The Bertz CT molecular complexity index is 736. The molecule has 0 saturated heterocycles. The Kier molecular flexibility index (Phi) is 7.05. The normalized spacial score (nSPS) is 13.9. The van der Waals surface area contributed by atoms with Crippen molar-refractivity contribution in [3.05, 3.63) is 22.1 Å². The van der Waals surface area contributed by atoms with Gasteiger partial charge >= 0.3 is 0 Å². The third-order valence-corrected chi connectivity index (χ3v) is 6.65. The van der Waals surface area contributed by atoms with Gasteiger partial charge in [0.1, 0.15) is 12.3 Å². The number of rotatable bonds is 12. The molecule has 2 heterocycles. The van der Waals surface area contributed by atoms with Crippen LogP contribution in [-0.2, 0) is 4.79 Å². The molecule has 1 fully saturated rings. The van der Waals surface area contributed by atoms with E-state index in [0.717, 1.165) is 59.8 Å². The van der Waals surface area contributed by atoms with E-state index in [9.17, 15) is 9.59 Å². The van der Waals surface area contributed by atoms with Crippen LogP contribution in [0.1, 0.15) is 79.1 Å². The lowest BCUT2D eigenvalue weighted by atomic mass is 10.0. The Balaban J connectivity index is 1.46. The first-order chi connectivity index (χ1) is 12.7. The lowest BCUT2D eigenvalue weighted by Crippen LogP contribution is -2.03. The molecule has 140 valence electrons. The Morgan fingerprint density at radius 1 is 1.08 bits per heavy atom. The van der Waals surface area contributed by atoms with Gasteiger partial charge < -0.3 is 5.11 Å². The van der Waals surface area contributed by atoms with E-state index in [0.29, 0.717) is 24.5 Å². The molecule has 0 atom stereocenters. The summed E-state index contributed by atoms with van der Waals surface area (Å²) in [5.41, 5.74) is 0.677. The van der Waals surface area contributed by atoms with E-state index in [1.54, 1.807) is 28.9 Å². The number of thiazole rings is 2. The van der Waals surface area contributed by atoms with Crippen LogP contribution in [0.15, 0.2) is 11.6 Å². The van der Waals surface area contributed by atoms with Crippen molar-refractivity contribution in [1.82, 2.24) is 9.97 Å². The molecule has 0 aromatic carbocycles. The molecule has 0 aliphatic heterocycles. The van der Waals surface area contributed by atoms with Gasteiger partial charge in [-0.2, -0.15) is 0 Å². The van der Waals surface area contributed by atoms with Crippen LogP contribution in [0.2, 0.25) is 0 Å². The second kappa shape index (κ2) is 9.48. The predicted octanol–water partition coefficient (Wildman–Crippen LogP) is 4.62. The molecule has 3 rings (SSSR count). The van der Waals surface area contributed by atoms with E-state index < -0.39 is 0 Å². The smallest absolute Gasteiger partial charge is 0.182 e. The molecule has 0 radical (unpaired) electrons. The molecular formula is C19H24N2O3S2. The quantitative estimate of drug-likeness (QED) is 0.421. The average Bonchev–Trinajstić information content (AvgIpc) is 3.17. The van der Waals surface area contributed by atoms with Crippen LogP contribution in [0.25, 0.3) is 10.0 Å². The number of hydrogen-bond acceptors (Lipinski definition) is 7. The van der Waals surface area contributed by atoms with Crippen molar-refractivity contribution in [2.24, 2.45) is 0 Å². The summed E-state index contributed by atoms with van der Waals surface area (Å²) in [4.78, 5) is 33.8. The predicted molar refractivity (Wildman–Crippen MR) is 104 cm³/mol. The van der Waals surface area contributed by atoms with Crippen molar-refractivity contribution in [2.45, 2.75) is 63.7 Å². The molecule has 0 unspecified atom stereocenters. The van der Waals surface area contributed by atoms with E-state index >= 15 is 0 Å². The van der Waals surface area contributed by atoms with Crippen LogP contribution in [-0.4, -0.2) is 33.2 Å². The molecule has 26 heavy (non-hydrogen) atoms. The number of carbonyl (C=O) groups is 2. The third kappa shape index (κ3) is 5.28. The van der Waals surface area contributed by atoms with Gasteiger partial charge in [0.25, 0.3) is 0 Å². The molecule has 2 aromatic rings. The van der Waals surface area contributed by atoms with Crippen molar-refractivity contribution in [3.8, 4) is 10.0 Å². The maximum Gasteiger partial charge on any atom is 0.182 e. The molecular weight excluding hydrogens is 368 g/mol. The summed E-state index contributed by atoms with van der Waals surface area (Å²) in [5, 5.41) is 12.4. The Hall–Kier alpha value is -1.44. The number of aliphatic hydroxyl groups is 1. The number of aliphatic hydroxyl groups excluding tert-OH is 1. The van der Waals surface area contributed by atoms with Crippen LogP contribution < -0.4 is 0 Å². The molecule has 5 nitrogen and oxygen atoms in total. The summed E-state index contributed by atoms with van der Waals surface area (Å²) in [6.45, 7) is -0.353. The summed E-state index contributed by atoms with van der Waals surface area (Å²) in [6, 6.07) is 0. The minimum Gasteiger partial charge on any atom is -0.389 e. The van der Waals surface area contributed by atoms with Crippen LogP contribution >= 0.6 is 22.7 Å². The van der Waals surface area contributed by atoms with Gasteiger partial charge in [-0.15, -0.1) is 22.7 Å².